The van der Waals surface area contributed by atoms with E-state index >= 15 is 0 Å². The number of hydrogen-bond donors (Lipinski definition) is 0. The number of benzene rings is 2. The molecule has 0 saturated carbocycles. The molecule has 2 aromatic carbocycles. The summed E-state index contributed by atoms with van der Waals surface area (Å²) >= 11 is 0. The van der Waals surface area contributed by atoms with E-state index in [0.29, 0.717) is 13.0 Å². The highest BCUT2D eigenvalue weighted by Crippen LogP contribution is 2.31. The lowest BCUT2D eigenvalue weighted by Gasteiger charge is -2.33. The Labute approximate surface area is 146 Å². The van der Waals surface area contributed by atoms with Crippen LogP contribution in [0.25, 0.3) is 5.57 Å². The molecule has 0 aliphatic carbocycles. The molecule has 0 radical (unpaired) electrons. The second-order valence-corrected chi connectivity index (χ2v) is 7.75. The van der Waals surface area contributed by atoms with Crippen molar-refractivity contribution in [2.45, 2.75) is 24.3 Å². The third kappa shape index (κ3) is 3.33. The zero-order valence-electron chi connectivity index (χ0n) is 13.7. The summed E-state index contributed by atoms with van der Waals surface area (Å²) in [6.45, 7) is 2.19. The predicted octanol–water partition coefficient (Wildman–Crippen LogP) is 3.46. The fraction of sp³-hybridized carbons (Fsp3) is 0.222. The summed E-state index contributed by atoms with van der Waals surface area (Å²) in [4.78, 5) is 10.3. The molecule has 0 spiro atoms. The molecule has 1 aliphatic rings. The van der Waals surface area contributed by atoms with Crippen molar-refractivity contribution in [1.82, 2.24) is 4.31 Å². The van der Waals surface area contributed by atoms with Gasteiger partial charge in [0.05, 0.1) is 9.82 Å². The van der Waals surface area contributed by atoms with Crippen LogP contribution in [0.15, 0.2) is 65.6 Å². The van der Waals surface area contributed by atoms with E-state index in [0.717, 1.165) is 17.2 Å². The second kappa shape index (κ2) is 6.78. The smallest absolute Gasteiger partial charge is 0.258 e. The Hall–Kier alpha value is -2.51. The van der Waals surface area contributed by atoms with E-state index in [9.17, 15) is 18.5 Å². The number of sulfonamides is 1. The van der Waals surface area contributed by atoms with E-state index < -0.39 is 14.9 Å². The van der Waals surface area contributed by atoms with Gasteiger partial charge in [-0.1, -0.05) is 42.5 Å². The maximum atomic E-state index is 13.0. The normalized spacial score (nSPS) is 18.6. The van der Waals surface area contributed by atoms with Crippen molar-refractivity contribution in [3.05, 3.63) is 76.4 Å². The maximum absolute atomic E-state index is 13.0. The van der Waals surface area contributed by atoms with Gasteiger partial charge in [0.25, 0.3) is 5.69 Å². The van der Waals surface area contributed by atoms with Gasteiger partial charge in [-0.2, -0.15) is 4.31 Å². The Kier molecular flexibility index (Phi) is 4.69. The Bertz CT molecular complexity index is 923. The Morgan fingerprint density at radius 2 is 1.84 bits per heavy atom. The third-order valence-corrected chi connectivity index (χ3v) is 6.30. The molecular weight excluding hydrogens is 340 g/mol. The highest BCUT2D eigenvalue weighted by Gasteiger charge is 2.33. The minimum absolute atomic E-state index is 0.0529. The summed E-state index contributed by atoms with van der Waals surface area (Å²) in [7, 11) is -3.82. The van der Waals surface area contributed by atoms with Crippen LogP contribution in [0.4, 0.5) is 5.69 Å². The number of nitro groups is 1. The number of nitrogens with zero attached hydrogens (tertiary/aromatic N) is 2. The van der Waals surface area contributed by atoms with E-state index in [2.05, 4.69) is 6.08 Å². The van der Waals surface area contributed by atoms with Crippen molar-refractivity contribution in [3.63, 3.8) is 0 Å². The summed E-state index contributed by atoms with van der Waals surface area (Å²) < 4.78 is 27.5. The van der Waals surface area contributed by atoms with Crippen molar-refractivity contribution >= 4 is 21.3 Å². The standard InChI is InChI=1S/C18H18N2O4S/c1-14-18(15-7-3-2-4-8-15)11-6-12-19(14)25(23,24)17-10-5-9-16(13-17)20(21)22/h2-5,7-11,13-14H,6,12H2,1H3/t14-/m1/s1. The number of hydrogen-bond acceptors (Lipinski definition) is 4. The van der Waals surface area contributed by atoms with Gasteiger partial charge in [0.1, 0.15) is 0 Å². The fourth-order valence-electron chi connectivity index (χ4n) is 3.08. The van der Waals surface area contributed by atoms with Gasteiger partial charge in [0.15, 0.2) is 0 Å². The van der Waals surface area contributed by atoms with E-state index in [1.165, 1.54) is 22.5 Å². The van der Waals surface area contributed by atoms with Crippen LogP contribution >= 0.6 is 0 Å². The molecule has 1 aliphatic heterocycles. The van der Waals surface area contributed by atoms with Gasteiger partial charge in [-0.15, -0.1) is 0 Å². The molecule has 0 amide bonds. The zero-order chi connectivity index (χ0) is 18.0. The lowest BCUT2D eigenvalue weighted by molar-refractivity contribution is -0.385. The quantitative estimate of drug-likeness (QED) is 0.619. The van der Waals surface area contributed by atoms with Crippen LogP contribution in [-0.4, -0.2) is 30.2 Å². The molecule has 1 atom stereocenters. The van der Waals surface area contributed by atoms with Gasteiger partial charge >= 0.3 is 0 Å². The molecule has 1 heterocycles. The second-order valence-electron chi connectivity index (χ2n) is 5.86. The van der Waals surface area contributed by atoms with Crippen molar-refractivity contribution in [1.29, 1.82) is 0 Å². The topological polar surface area (TPSA) is 80.5 Å². The summed E-state index contributed by atoms with van der Waals surface area (Å²) in [6, 6.07) is 14.5. The first kappa shape index (κ1) is 17.3. The lowest BCUT2D eigenvalue weighted by atomic mass is 9.96. The molecule has 7 heteroatoms. The van der Waals surface area contributed by atoms with Gasteiger partial charge < -0.3 is 0 Å². The summed E-state index contributed by atoms with van der Waals surface area (Å²) in [5, 5.41) is 10.9. The van der Waals surface area contributed by atoms with Crippen LogP contribution in [-0.2, 0) is 10.0 Å². The van der Waals surface area contributed by atoms with E-state index in [-0.39, 0.29) is 16.6 Å². The van der Waals surface area contributed by atoms with E-state index in [1.54, 1.807) is 0 Å². The van der Waals surface area contributed by atoms with E-state index in [4.69, 9.17) is 0 Å². The number of nitro benzene ring substituents is 1. The van der Waals surface area contributed by atoms with Crippen LogP contribution in [0.3, 0.4) is 0 Å². The van der Waals surface area contributed by atoms with Gasteiger partial charge in [0, 0.05) is 24.7 Å². The molecule has 3 rings (SSSR count). The SMILES string of the molecule is C[C@@H]1C(c2ccccc2)=CCCN1S(=O)(=O)c1cccc([N+](=O)[O-])c1. The molecule has 0 saturated heterocycles. The van der Waals surface area contributed by atoms with Crippen molar-refractivity contribution in [2.75, 3.05) is 6.54 Å². The van der Waals surface area contributed by atoms with Crippen LogP contribution in [0.5, 0.6) is 0 Å². The predicted molar refractivity (Wildman–Crippen MR) is 95.5 cm³/mol. The highest BCUT2D eigenvalue weighted by atomic mass is 32.2. The molecule has 130 valence electrons. The molecule has 0 fully saturated rings. The molecular formula is C18H18N2O4S. The highest BCUT2D eigenvalue weighted by molar-refractivity contribution is 7.89. The summed E-state index contributed by atoms with van der Waals surface area (Å²) in [5.41, 5.74) is 1.69. The first-order valence-electron chi connectivity index (χ1n) is 7.93. The number of rotatable bonds is 4. The van der Waals surface area contributed by atoms with Crippen LogP contribution in [0, 0.1) is 10.1 Å². The minimum atomic E-state index is -3.82. The largest absolute Gasteiger partial charge is 0.270 e. The Morgan fingerprint density at radius 3 is 2.52 bits per heavy atom. The Morgan fingerprint density at radius 1 is 1.12 bits per heavy atom. The van der Waals surface area contributed by atoms with Crippen LogP contribution in [0.2, 0.25) is 0 Å². The molecule has 2 aromatic rings. The maximum Gasteiger partial charge on any atom is 0.270 e. The van der Waals surface area contributed by atoms with Gasteiger partial charge in [-0.05, 0) is 30.5 Å². The van der Waals surface area contributed by atoms with E-state index in [1.807, 2.05) is 37.3 Å². The van der Waals surface area contributed by atoms with Gasteiger partial charge in [0.2, 0.25) is 10.0 Å². The fourth-order valence-corrected chi connectivity index (χ4v) is 4.74. The average molecular weight is 358 g/mol. The monoisotopic (exact) mass is 358 g/mol. The Balaban J connectivity index is 1.97. The van der Waals surface area contributed by atoms with Gasteiger partial charge in [-0.3, -0.25) is 10.1 Å². The first-order chi connectivity index (χ1) is 11.9. The average Bonchev–Trinajstić information content (AvgIpc) is 2.62. The first-order valence-corrected chi connectivity index (χ1v) is 9.37. The molecule has 0 N–H and O–H groups in total. The molecule has 0 aromatic heterocycles. The molecule has 0 unspecified atom stereocenters. The van der Waals surface area contributed by atoms with Crippen LogP contribution in [0.1, 0.15) is 18.9 Å². The number of non-ortho nitro benzene ring substituents is 1. The zero-order valence-corrected chi connectivity index (χ0v) is 14.5. The molecule has 25 heavy (non-hydrogen) atoms. The summed E-state index contributed by atoms with van der Waals surface area (Å²) in [5.74, 6) is 0. The molecule has 0 bridgehead atoms. The van der Waals surface area contributed by atoms with Crippen LogP contribution < -0.4 is 0 Å². The van der Waals surface area contributed by atoms with Crippen molar-refractivity contribution in [2.24, 2.45) is 0 Å². The van der Waals surface area contributed by atoms with Crippen molar-refractivity contribution < 1.29 is 13.3 Å². The summed E-state index contributed by atoms with van der Waals surface area (Å²) in [6.07, 6.45) is 2.65. The minimum Gasteiger partial charge on any atom is -0.258 e. The third-order valence-electron chi connectivity index (χ3n) is 4.34. The van der Waals surface area contributed by atoms with Gasteiger partial charge in [-0.25, -0.2) is 8.42 Å². The lowest BCUT2D eigenvalue weighted by Crippen LogP contribution is -2.41. The molecule has 6 nitrogen and oxygen atoms in total. The van der Waals surface area contributed by atoms with Crippen molar-refractivity contribution in [3.8, 4) is 0 Å².